The number of hydrogen-bond donors (Lipinski definition) is 2. The van der Waals surface area contributed by atoms with Gasteiger partial charge in [-0.2, -0.15) is 0 Å². The monoisotopic (exact) mass is 419 g/mol. The molecule has 1 atom stereocenters. The molecule has 0 aromatic heterocycles. The molecule has 0 radical (unpaired) electrons. The molecule has 2 aliphatic carbocycles. The van der Waals surface area contributed by atoms with Gasteiger partial charge in [-0.1, -0.05) is 26.2 Å². The Kier molecular flexibility index (Phi) is 9.01. The number of amides is 3. The second-order valence-corrected chi connectivity index (χ2v) is 9.77. The van der Waals surface area contributed by atoms with E-state index < -0.39 is 0 Å². The molecule has 0 bridgehead atoms. The maximum absolute atomic E-state index is 13.0. The number of piperidine rings is 1. The van der Waals surface area contributed by atoms with Crippen molar-refractivity contribution in [3.63, 3.8) is 0 Å². The molecule has 1 aliphatic heterocycles. The molecule has 2 N–H and O–H groups in total. The topological polar surface area (TPSA) is 78.5 Å². The van der Waals surface area contributed by atoms with Crippen LogP contribution in [0.1, 0.15) is 96.8 Å². The van der Waals surface area contributed by atoms with E-state index in [2.05, 4.69) is 10.6 Å². The van der Waals surface area contributed by atoms with E-state index in [0.29, 0.717) is 25.3 Å². The van der Waals surface area contributed by atoms with Gasteiger partial charge in [0.05, 0.1) is 0 Å². The highest BCUT2D eigenvalue weighted by atomic mass is 16.2. The molecule has 0 spiro atoms. The van der Waals surface area contributed by atoms with E-state index in [9.17, 15) is 14.4 Å². The quantitative estimate of drug-likeness (QED) is 0.662. The summed E-state index contributed by atoms with van der Waals surface area (Å²) in [5.74, 6) is 1.19. The van der Waals surface area contributed by atoms with E-state index in [0.717, 1.165) is 51.5 Å². The Bertz CT molecular complexity index is 580. The predicted molar refractivity (Wildman–Crippen MR) is 118 cm³/mol. The summed E-state index contributed by atoms with van der Waals surface area (Å²) >= 11 is 0. The van der Waals surface area contributed by atoms with Crippen LogP contribution in [0.2, 0.25) is 0 Å². The van der Waals surface area contributed by atoms with Gasteiger partial charge in [0.2, 0.25) is 17.7 Å². The third-order valence-electron chi connectivity index (χ3n) is 7.22. The fraction of sp³-hybridized carbons (Fsp3) is 0.875. The summed E-state index contributed by atoms with van der Waals surface area (Å²) in [6.45, 7) is 3.45. The zero-order valence-electron chi connectivity index (χ0n) is 18.8. The Morgan fingerprint density at radius 2 is 1.50 bits per heavy atom. The molecule has 1 heterocycles. The normalized spacial score (nSPS) is 28.0. The minimum atomic E-state index is 0.0709. The molecule has 30 heavy (non-hydrogen) atoms. The second kappa shape index (κ2) is 11.7. The minimum absolute atomic E-state index is 0.0709. The van der Waals surface area contributed by atoms with E-state index in [1.807, 2.05) is 11.8 Å². The molecule has 3 rings (SSSR count). The Labute approximate surface area is 181 Å². The van der Waals surface area contributed by atoms with Crippen molar-refractivity contribution in [3.8, 4) is 0 Å². The lowest BCUT2D eigenvalue weighted by molar-refractivity contribution is -0.138. The molecular formula is C24H41N3O3. The van der Waals surface area contributed by atoms with E-state index in [1.54, 1.807) is 0 Å². The summed E-state index contributed by atoms with van der Waals surface area (Å²) in [7, 11) is 0. The van der Waals surface area contributed by atoms with Gasteiger partial charge in [0, 0.05) is 43.9 Å². The summed E-state index contributed by atoms with van der Waals surface area (Å²) in [6.07, 6.45) is 13.8. The zero-order chi connectivity index (χ0) is 21.3. The number of carbonyl (C=O) groups excluding carboxylic acids is 3. The average Bonchev–Trinajstić information content (AvgIpc) is 2.75. The fourth-order valence-corrected chi connectivity index (χ4v) is 5.50. The van der Waals surface area contributed by atoms with Gasteiger partial charge in [0.1, 0.15) is 0 Å². The Morgan fingerprint density at radius 1 is 0.800 bits per heavy atom. The fourth-order valence-electron chi connectivity index (χ4n) is 5.50. The molecule has 1 saturated heterocycles. The van der Waals surface area contributed by atoms with Gasteiger partial charge in [0.25, 0.3) is 0 Å². The number of rotatable bonds is 7. The van der Waals surface area contributed by atoms with Crippen LogP contribution in [0.25, 0.3) is 0 Å². The highest BCUT2D eigenvalue weighted by molar-refractivity contribution is 5.80. The summed E-state index contributed by atoms with van der Waals surface area (Å²) in [4.78, 5) is 39.3. The lowest BCUT2D eigenvalue weighted by Gasteiger charge is -2.37. The first-order valence-corrected chi connectivity index (χ1v) is 12.4. The number of likely N-dealkylation sites (tertiary alicyclic amines) is 1. The average molecular weight is 420 g/mol. The maximum Gasteiger partial charge on any atom is 0.225 e. The van der Waals surface area contributed by atoms with Gasteiger partial charge in [-0.25, -0.2) is 0 Å². The van der Waals surface area contributed by atoms with Crippen molar-refractivity contribution in [2.45, 2.75) is 109 Å². The molecule has 0 aromatic carbocycles. The molecule has 0 aromatic rings. The van der Waals surface area contributed by atoms with Crippen molar-refractivity contribution in [2.24, 2.45) is 11.8 Å². The summed E-state index contributed by atoms with van der Waals surface area (Å²) in [5, 5.41) is 6.32. The summed E-state index contributed by atoms with van der Waals surface area (Å²) in [6, 6.07) is 0.324. The minimum Gasteiger partial charge on any atom is -0.353 e. The second-order valence-electron chi connectivity index (χ2n) is 9.77. The van der Waals surface area contributed by atoms with Crippen molar-refractivity contribution >= 4 is 17.7 Å². The Hall–Kier alpha value is -1.59. The third-order valence-corrected chi connectivity index (χ3v) is 7.22. The smallest absolute Gasteiger partial charge is 0.225 e. The first-order chi connectivity index (χ1) is 14.5. The van der Waals surface area contributed by atoms with Crippen molar-refractivity contribution < 1.29 is 14.4 Å². The van der Waals surface area contributed by atoms with Crippen LogP contribution in [0, 0.1) is 11.8 Å². The molecular weight excluding hydrogens is 378 g/mol. The van der Waals surface area contributed by atoms with E-state index in [-0.39, 0.29) is 35.7 Å². The predicted octanol–water partition coefficient (Wildman–Crippen LogP) is 3.54. The van der Waals surface area contributed by atoms with E-state index in [4.69, 9.17) is 0 Å². The molecule has 6 nitrogen and oxygen atoms in total. The SMILES string of the molecule is CCCC(=O)NC1CCCN(C(=O)C2CCC(NC(=O)CC3CCCCC3)CC2)C1. The van der Waals surface area contributed by atoms with Crippen LogP contribution in [0.3, 0.4) is 0 Å². The van der Waals surface area contributed by atoms with Crippen LogP contribution in [0.15, 0.2) is 0 Å². The van der Waals surface area contributed by atoms with Gasteiger partial charge in [-0.05, 0) is 63.7 Å². The Morgan fingerprint density at radius 3 is 2.20 bits per heavy atom. The standard InChI is InChI=1S/C24H41N3O3/c1-2-7-22(28)26-21-10-6-15-27(17-21)24(30)19-11-13-20(14-12-19)25-23(29)16-18-8-4-3-5-9-18/h18-21H,2-17H2,1H3,(H,25,29)(H,26,28). The van der Waals surface area contributed by atoms with Crippen molar-refractivity contribution in [2.75, 3.05) is 13.1 Å². The summed E-state index contributed by atoms with van der Waals surface area (Å²) in [5.41, 5.74) is 0. The molecule has 6 heteroatoms. The van der Waals surface area contributed by atoms with Crippen molar-refractivity contribution in [1.82, 2.24) is 15.5 Å². The number of nitrogens with zero attached hydrogens (tertiary/aromatic N) is 1. The molecule has 170 valence electrons. The van der Waals surface area contributed by atoms with Crippen LogP contribution >= 0.6 is 0 Å². The van der Waals surface area contributed by atoms with Crippen molar-refractivity contribution in [3.05, 3.63) is 0 Å². The lowest BCUT2D eigenvalue weighted by atomic mass is 9.84. The van der Waals surface area contributed by atoms with E-state index >= 15 is 0 Å². The van der Waals surface area contributed by atoms with Crippen LogP contribution in [-0.2, 0) is 14.4 Å². The molecule has 3 fully saturated rings. The van der Waals surface area contributed by atoms with Crippen molar-refractivity contribution in [1.29, 1.82) is 0 Å². The third kappa shape index (κ3) is 6.98. The number of carbonyl (C=O) groups is 3. The van der Waals surface area contributed by atoms with Gasteiger partial charge >= 0.3 is 0 Å². The highest BCUT2D eigenvalue weighted by Crippen LogP contribution is 2.29. The van der Waals surface area contributed by atoms with E-state index in [1.165, 1.54) is 32.1 Å². The first-order valence-electron chi connectivity index (χ1n) is 12.4. The lowest BCUT2D eigenvalue weighted by Crippen LogP contribution is -2.51. The number of nitrogens with one attached hydrogen (secondary N) is 2. The van der Waals surface area contributed by atoms with Gasteiger partial charge in [-0.3, -0.25) is 14.4 Å². The van der Waals surface area contributed by atoms with Crippen LogP contribution in [-0.4, -0.2) is 47.8 Å². The molecule has 1 unspecified atom stereocenters. The molecule has 2 saturated carbocycles. The van der Waals surface area contributed by atoms with Crippen LogP contribution < -0.4 is 10.6 Å². The first kappa shape index (κ1) is 23.1. The molecule has 3 amide bonds. The number of hydrogen-bond acceptors (Lipinski definition) is 3. The van der Waals surface area contributed by atoms with Crippen LogP contribution in [0.5, 0.6) is 0 Å². The van der Waals surface area contributed by atoms with Crippen LogP contribution in [0.4, 0.5) is 0 Å². The zero-order valence-corrected chi connectivity index (χ0v) is 18.8. The maximum atomic E-state index is 13.0. The van der Waals surface area contributed by atoms with Gasteiger partial charge in [-0.15, -0.1) is 0 Å². The largest absolute Gasteiger partial charge is 0.353 e. The highest BCUT2D eigenvalue weighted by Gasteiger charge is 2.33. The molecule has 3 aliphatic rings. The summed E-state index contributed by atoms with van der Waals surface area (Å²) < 4.78 is 0. The van der Waals surface area contributed by atoms with Gasteiger partial charge < -0.3 is 15.5 Å². The van der Waals surface area contributed by atoms with Gasteiger partial charge in [0.15, 0.2) is 0 Å². The Balaban J connectivity index is 1.38.